The van der Waals surface area contributed by atoms with Crippen LogP contribution in [0.3, 0.4) is 0 Å². The van der Waals surface area contributed by atoms with Crippen molar-refractivity contribution in [2.24, 2.45) is 5.92 Å². The van der Waals surface area contributed by atoms with Crippen LogP contribution in [0.4, 0.5) is 0 Å². The van der Waals surface area contributed by atoms with E-state index < -0.39 is 0 Å². The summed E-state index contributed by atoms with van der Waals surface area (Å²) in [7, 11) is 0. The second kappa shape index (κ2) is 4.32. The lowest BCUT2D eigenvalue weighted by atomic mass is 9.95. The van der Waals surface area contributed by atoms with Gasteiger partial charge in [0.05, 0.1) is 0 Å². The summed E-state index contributed by atoms with van der Waals surface area (Å²) in [6.45, 7) is 2.25. The largest absolute Gasteiger partial charge is 0.0840 e. The van der Waals surface area contributed by atoms with Crippen LogP contribution in [0.5, 0.6) is 0 Å². The summed E-state index contributed by atoms with van der Waals surface area (Å²) in [6, 6.07) is 0. The van der Waals surface area contributed by atoms with Crippen LogP contribution in [0, 0.1) is 5.92 Å². The molecular formula is C10H16. The van der Waals surface area contributed by atoms with Gasteiger partial charge >= 0.3 is 0 Å². The molecule has 0 aromatic heterocycles. The molecule has 56 valence electrons. The molecule has 0 radical (unpaired) electrons. The van der Waals surface area contributed by atoms with Gasteiger partial charge in [0.25, 0.3) is 0 Å². The summed E-state index contributed by atoms with van der Waals surface area (Å²) in [5.41, 5.74) is 0. The Balaban J connectivity index is 2.17. The summed E-state index contributed by atoms with van der Waals surface area (Å²) in [6.07, 6.45) is 14.2. The van der Waals surface area contributed by atoms with Gasteiger partial charge in [0.2, 0.25) is 0 Å². The van der Waals surface area contributed by atoms with Crippen LogP contribution in [0.25, 0.3) is 0 Å². The van der Waals surface area contributed by atoms with E-state index in [-0.39, 0.29) is 0 Å². The fourth-order valence-corrected chi connectivity index (χ4v) is 1.31. The molecule has 0 unspecified atom stereocenters. The number of rotatable bonds is 3. The summed E-state index contributed by atoms with van der Waals surface area (Å²) in [5, 5.41) is 0. The van der Waals surface area contributed by atoms with Crippen molar-refractivity contribution in [2.75, 3.05) is 0 Å². The molecule has 0 nitrogen and oxygen atoms in total. The van der Waals surface area contributed by atoms with E-state index >= 15 is 0 Å². The molecule has 0 saturated heterocycles. The Hall–Kier alpha value is -0.520. The highest BCUT2D eigenvalue weighted by molar-refractivity contribution is 5.10. The third-order valence-electron chi connectivity index (χ3n) is 2.00. The van der Waals surface area contributed by atoms with Crippen molar-refractivity contribution in [2.45, 2.75) is 32.6 Å². The smallest absolute Gasteiger partial charge is 0.0196 e. The van der Waals surface area contributed by atoms with E-state index in [1.807, 2.05) is 0 Å². The minimum absolute atomic E-state index is 0.838. The van der Waals surface area contributed by atoms with Gasteiger partial charge in [0, 0.05) is 0 Å². The van der Waals surface area contributed by atoms with Crippen LogP contribution in [-0.4, -0.2) is 0 Å². The van der Waals surface area contributed by atoms with Crippen LogP contribution in [0.1, 0.15) is 32.6 Å². The van der Waals surface area contributed by atoms with Crippen molar-refractivity contribution in [1.82, 2.24) is 0 Å². The van der Waals surface area contributed by atoms with Crippen LogP contribution in [-0.2, 0) is 0 Å². The Morgan fingerprint density at radius 2 is 2.30 bits per heavy atom. The second-order valence-corrected chi connectivity index (χ2v) is 2.95. The molecule has 0 spiro atoms. The molecule has 10 heavy (non-hydrogen) atoms. The maximum atomic E-state index is 2.33. The molecule has 0 fully saturated rings. The predicted molar refractivity (Wildman–Crippen MR) is 45.9 cm³/mol. The first-order valence-electron chi connectivity index (χ1n) is 4.27. The quantitative estimate of drug-likeness (QED) is 0.558. The Morgan fingerprint density at radius 1 is 1.40 bits per heavy atom. The normalized spacial score (nSPS) is 23.5. The first-order valence-corrected chi connectivity index (χ1v) is 4.27. The molecule has 1 aliphatic rings. The van der Waals surface area contributed by atoms with Gasteiger partial charge in [-0.15, -0.1) is 0 Å². The monoisotopic (exact) mass is 136 g/mol. The van der Waals surface area contributed by atoms with Crippen molar-refractivity contribution in [3.05, 3.63) is 24.3 Å². The first kappa shape index (κ1) is 7.59. The number of hydrogen-bond donors (Lipinski definition) is 0. The highest BCUT2D eigenvalue weighted by Gasteiger charge is 2.02. The van der Waals surface area contributed by atoms with E-state index in [0.717, 1.165) is 5.92 Å². The van der Waals surface area contributed by atoms with Gasteiger partial charge in [0.1, 0.15) is 0 Å². The van der Waals surface area contributed by atoms with E-state index in [4.69, 9.17) is 0 Å². The lowest BCUT2D eigenvalue weighted by molar-refractivity contribution is 0.558. The average Bonchev–Trinajstić information content (AvgIpc) is 2.03. The molecule has 0 heterocycles. The zero-order valence-corrected chi connectivity index (χ0v) is 6.72. The van der Waals surface area contributed by atoms with Crippen molar-refractivity contribution in [3.63, 3.8) is 0 Å². The molecule has 0 bridgehead atoms. The Kier molecular flexibility index (Phi) is 3.28. The van der Waals surface area contributed by atoms with E-state index in [9.17, 15) is 0 Å². The number of allylic oxidation sites excluding steroid dienone is 4. The summed E-state index contributed by atoms with van der Waals surface area (Å²) in [5.74, 6) is 0.838. The fourth-order valence-electron chi connectivity index (χ4n) is 1.31. The fraction of sp³-hybridized carbons (Fsp3) is 0.600. The summed E-state index contributed by atoms with van der Waals surface area (Å²) < 4.78 is 0. The van der Waals surface area contributed by atoms with Crippen LogP contribution < -0.4 is 0 Å². The third kappa shape index (κ3) is 2.38. The second-order valence-electron chi connectivity index (χ2n) is 2.95. The third-order valence-corrected chi connectivity index (χ3v) is 2.00. The zero-order chi connectivity index (χ0) is 7.23. The molecule has 0 amide bonds. The maximum absolute atomic E-state index is 2.33. The number of hydrogen-bond acceptors (Lipinski definition) is 0. The first-order chi connectivity index (χ1) is 4.93. The Labute approximate surface area is 63.6 Å². The van der Waals surface area contributed by atoms with Gasteiger partial charge in [-0.25, -0.2) is 0 Å². The topological polar surface area (TPSA) is 0 Å². The highest BCUT2D eigenvalue weighted by Crippen LogP contribution is 2.17. The highest BCUT2D eigenvalue weighted by atomic mass is 14.1. The van der Waals surface area contributed by atoms with E-state index in [2.05, 4.69) is 31.2 Å². The number of unbranched alkanes of at least 4 members (excludes halogenated alkanes) is 1. The van der Waals surface area contributed by atoms with E-state index in [1.54, 1.807) is 0 Å². The average molecular weight is 136 g/mol. The molecule has 0 heteroatoms. The van der Waals surface area contributed by atoms with Gasteiger partial charge < -0.3 is 0 Å². The van der Waals surface area contributed by atoms with Crippen LogP contribution in [0.2, 0.25) is 0 Å². The van der Waals surface area contributed by atoms with Gasteiger partial charge in [-0.3, -0.25) is 0 Å². The van der Waals surface area contributed by atoms with Crippen molar-refractivity contribution < 1.29 is 0 Å². The molecule has 0 aromatic carbocycles. The lowest BCUT2D eigenvalue weighted by Crippen LogP contribution is -1.96. The SMILES string of the molecule is CCCC[C@@H]1C=CC=CC1. The molecule has 0 aliphatic heterocycles. The van der Waals surface area contributed by atoms with Gasteiger partial charge in [-0.1, -0.05) is 44.1 Å². The van der Waals surface area contributed by atoms with Crippen molar-refractivity contribution in [1.29, 1.82) is 0 Å². The molecule has 0 saturated carbocycles. The van der Waals surface area contributed by atoms with E-state index in [0.29, 0.717) is 0 Å². The molecule has 1 atom stereocenters. The standard InChI is InChI=1S/C10H16/c1-2-3-7-10-8-5-4-6-9-10/h4-6,8,10H,2-3,7,9H2,1H3/t10-/m1/s1. The van der Waals surface area contributed by atoms with Gasteiger partial charge in [0.15, 0.2) is 0 Å². The molecule has 0 aromatic rings. The van der Waals surface area contributed by atoms with E-state index in [1.165, 1.54) is 25.7 Å². The van der Waals surface area contributed by atoms with Crippen molar-refractivity contribution in [3.8, 4) is 0 Å². The predicted octanol–water partition coefficient (Wildman–Crippen LogP) is 3.31. The minimum Gasteiger partial charge on any atom is -0.0840 e. The van der Waals surface area contributed by atoms with Crippen LogP contribution in [0.15, 0.2) is 24.3 Å². The zero-order valence-electron chi connectivity index (χ0n) is 6.72. The molecule has 0 N–H and O–H groups in total. The lowest BCUT2D eigenvalue weighted by Gasteiger charge is -2.10. The molecular weight excluding hydrogens is 120 g/mol. The van der Waals surface area contributed by atoms with Crippen LogP contribution >= 0.6 is 0 Å². The van der Waals surface area contributed by atoms with Crippen molar-refractivity contribution >= 4 is 0 Å². The molecule has 1 rings (SSSR count). The summed E-state index contributed by atoms with van der Waals surface area (Å²) in [4.78, 5) is 0. The van der Waals surface area contributed by atoms with Gasteiger partial charge in [-0.05, 0) is 18.8 Å². The minimum atomic E-state index is 0.838. The summed E-state index contributed by atoms with van der Waals surface area (Å²) >= 11 is 0. The Morgan fingerprint density at radius 3 is 2.90 bits per heavy atom. The maximum Gasteiger partial charge on any atom is -0.0196 e. The molecule has 1 aliphatic carbocycles. The van der Waals surface area contributed by atoms with Gasteiger partial charge in [-0.2, -0.15) is 0 Å². The Bertz CT molecular complexity index is 131.